The monoisotopic (exact) mass is 225 g/mol. The molecule has 0 spiro atoms. The molecule has 3 unspecified atom stereocenters. The number of nitrogens with zero attached hydrogens (tertiary/aromatic N) is 1. The van der Waals surface area contributed by atoms with Crippen molar-refractivity contribution in [2.75, 3.05) is 0 Å². The Morgan fingerprint density at radius 3 is 2.62 bits per heavy atom. The van der Waals surface area contributed by atoms with Crippen LogP contribution in [0.3, 0.4) is 0 Å². The molecule has 0 aromatic heterocycles. The number of ether oxygens (including phenoxy) is 1. The molecular weight excluding hydrogens is 206 g/mol. The molecule has 0 bridgehead atoms. The predicted octanol–water partition coefficient (Wildman–Crippen LogP) is 1.97. The molecule has 1 aliphatic carbocycles. The third-order valence-electron chi connectivity index (χ3n) is 3.19. The van der Waals surface area contributed by atoms with E-state index in [1.54, 1.807) is 4.90 Å². The molecule has 1 amide bonds. The Labute approximate surface area is 95.9 Å². The van der Waals surface area contributed by atoms with E-state index in [4.69, 9.17) is 4.74 Å². The van der Waals surface area contributed by atoms with Gasteiger partial charge in [-0.15, -0.1) is 0 Å². The zero-order chi connectivity index (χ0) is 11.9. The molecule has 0 aromatic rings. The van der Waals surface area contributed by atoms with Gasteiger partial charge in [0.1, 0.15) is 11.9 Å². The van der Waals surface area contributed by atoms with Gasteiger partial charge in [-0.3, -0.25) is 4.90 Å². The lowest BCUT2D eigenvalue weighted by atomic mass is 10.0. The summed E-state index contributed by atoms with van der Waals surface area (Å²) in [4.78, 5) is 24.6. The maximum absolute atomic E-state index is 12.0. The molecule has 0 radical (unpaired) electrons. The Bertz CT molecular complexity index is 308. The Hall–Kier alpha value is -1.06. The van der Waals surface area contributed by atoms with Gasteiger partial charge in [0, 0.05) is 6.04 Å². The molecule has 1 saturated heterocycles. The molecular formula is C12H19NO3. The number of fused-ring (bicyclic) bond motifs is 1. The van der Waals surface area contributed by atoms with Gasteiger partial charge >= 0.3 is 6.09 Å². The van der Waals surface area contributed by atoms with Crippen LogP contribution in [0.1, 0.15) is 40.0 Å². The van der Waals surface area contributed by atoms with Crippen LogP contribution in [0.4, 0.5) is 4.79 Å². The first-order chi connectivity index (χ1) is 7.42. The Morgan fingerprint density at radius 1 is 1.38 bits per heavy atom. The van der Waals surface area contributed by atoms with Crippen LogP contribution < -0.4 is 0 Å². The van der Waals surface area contributed by atoms with Gasteiger partial charge in [-0.05, 0) is 46.0 Å². The molecule has 4 heteroatoms. The van der Waals surface area contributed by atoms with Crippen LogP contribution in [-0.4, -0.2) is 35.0 Å². The highest BCUT2D eigenvalue weighted by molar-refractivity contribution is 5.75. The van der Waals surface area contributed by atoms with E-state index in [0.717, 1.165) is 25.5 Å². The molecule has 2 rings (SSSR count). The van der Waals surface area contributed by atoms with Crippen molar-refractivity contribution in [3.05, 3.63) is 0 Å². The smallest absolute Gasteiger partial charge is 0.411 e. The fraction of sp³-hybridized carbons (Fsp3) is 0.833. The van der Waals surface area contributed by atoms with Gasteiger partial charge in [-0.2, -0.15) is 0 Å². The summed E-state index contributed by atoms with van der Waals surface area (Å²) in [5.74, 6) is 0.601. The highest BCUT2D eigenvalue weighted by atomic mass is 16.6. The van der Waals surface area contributed by atoms with Crippen molar-refractivity contribution in [3.8, 4) is 0 Å². The highest BCUT2D eigenvalue weighted by Crippen LogP contribution is 2.45. The number of hydrogen-bond donors (Lipinski definition) is 0. The maximum atomic E-state index is 12.0. The third-order valence-corrected chi connectivity index (χ3v) is 3.19. The molecule has 1 aliphatic heterocycles. The number of rotatable bonds is 1. The van der Waals surface area contributed by atoms with Crippen molar-refractivity contribution in [1.29, 1.82) is 0 Å². The number of likely N-dealkylation sites (tertiary alicyclic amines) is 1. The molecule has 90 valence electrons. The highest BCUT2D eigenvalue weighted by Gasteiger charge is 2.51. The van der Waals surface area contributed by atoms with E-state index in [1.165, 1.54) is 0 Å². The minimum atomic E-state index is -0.494. The Morgan fingerprint density at radius 2 is 2.06 bits per heavy atom. The zero-order valence-corrected chi connectivity index (χ0v) is 10.1. The number of carbonyl (C=O) groups excluding carboxylic acids is 2. The summed E-state index contributed by atoms with van der Waals surface area (Å²) >= 11 is 0. The van der Waals surface area contributed by atoms with Gasteiger partial charge in [0.2, 0.25) is 0 Å². The summed E-state index contributed by atoms with van der Waals surface area (Å²) in [6.45, 7) is 5.53. The quantitative estimate of drug-likeness (QED) is 0.641. The van der Waals surface area contributed by atoms with Crippen molar-refractivity contribution in [2.24, 2.45) is 5.92 Å². The number of amides is 1. The topological polar surface area (TPSA) is 46.6 Å². The van der Waals surface area contributed by atoms with Crippen molar-refractivity contribution in [3.63, 3.8) is 0 Å². The van der Waals surface area contributed by atoms with E-state index in [-0.39, 0.29) is 18.2 Å². The average molecular weight is 225 g/mol. The van der Waals surface area contributed by atoms with Crippen LogP contribution in [-0.2, 0) is 9.53 Å². The van der Waals surface area contributed by atoms with E-state index in [0.29, 0.717) is 5.92 Å². The standard InChI is InChI=1S/C12H19NO3/c1-12(2,3)16-11(15)13-9(7-14)5-4-8-6-10(8)13/h7-10H,4-6H2,1-3H3. The second-order valence-corrected chi connectivity index (χ2v) is 5.73. The van der Waals surface area contributed by atoms with E-state index in [1.807, 2.05) is 20.8 Å². The van der Waals surface area contributed by atoms with Crippen LogP contribution in [0.15, 0.2) is 0 Å². The molecule has 1 heterocycles. The molecule has 1 saturated carbocycles. The molecule has 3 atom stereocenters. The lowest BCUT2D eigenvalue weighted by Gasteiger charge is -2.33. The number of piperidine rings is 1. The summed E-state index contributed by atoms with van der Waals surface area (Å²) in [7, 11) is 0. The van der Waals surface area contributed by atoms with Crippen molar-refractivity contribution in [1.82, 2.24) is 4.90 Å². The van der Waals surface area contributed by atoms with Gasteiger partial charge in [-0.1, -0.05) is 0 Å². The average Bonchev–Trinajstić information content (AvgIpc) is 2.91. The lowest BCUT2D eigenvalue weighted by molar-refractivity contribution is -0.113. The van der Waals surface area contributed by atoms with E-state index < -0.39 is 5.60 Å². The first-order valence-electron chi connectivity index (χ1n) is 5.89. The van der Waals surface area contributed by atoms with Gasteiger partial charge in [0.15, 0.2) is 0 Å². The van der Waals surface area contributed by atoms with Crippen LogP contribution in [0.2, 0.25) is 0 Å². The van der Waals surface area contributed by atoms with Crippen LogP contribution in [0.25, 0.3) is 0 Å². The fourth-order valence-corrected chi connectivity index (χ4v) is 2.37. The number of carbonyl (C=O) groups is 2. The molecule has 2 fully saturated rings. The predicted molar refractivity (Wildman–Crippen MR) is 59.1 cm³/mol. The van der Waals surface area contributed by atoms with Gasteiger partial charge in [0.25, 0.3) is 0 Å². The molecule has 4 nitrogen and oxygen atoms in total. The first kappa shape index (κ1) is 11.4. The minimum absolute atomic E-state index is 0.249. The number of hydrogen-bond acceptors (Lipinski definition) is 3. The summed E-state index contributed by atoms with van der Waals surface area (Å²) in [6.07, 6.45) is 3.41. The van der Waals surface area contributed by atoms with Crippen LogP contribution >= 0.6 is 0 Å². The first-order valence-corrected chi connectivity index (χ1v) is 5.89. The Balaban J connectivity index is 2.05. The summed E-state index contributed by atoms with van der Waals surface area (Å²) in [5, 5.41) is 0. The second kappa shape index (κ2) is 3.75. The zero-order valence-electron chi connectivity index (χ0n) is 10.1. The summed E-state index contributed by atoms with van der Waals surface area (Å²) < 4.78 is 5.33. The van der Waals surface area contributed by atoms with E-state index in [2.05, 4.69) is 0 Å². The maximum Gasteiger partial charge on any atom is 0.411 e. The van der Waals surface area contributed by atoms with Crippen molar-refractivity contribution >= 4 is 12.4 Å². The van der Waals surface area contributed by atoms with Crippen molar-refractivity contribution < 1.29 is 14.3 Å². The summed E-state index contributed by atoms with van der Waals surface area (Å²) in [6, 6.07) is -0.0302. The fourth-order valence-electron chi connectivity index (χ4n) is 2.37. The molecule has 2 aliphatic rings. The van der Waals surface area contributed by atoms with Crippen molar-refractivity contribution in [2.45, 2.75) is 57.7 Å². The molecule has 16 heavy (non-hydrogen) atoms. The van der Waals surface area contributed by atoms with E-state index >= 15 is 0 Å². The second-order valence-electron chi connectivity index (χ2n) is 5.73. The lowest BCUT2D eigenvalue weighted by Crippen LogP contribution is -2.48. The van der Waals surface area contributed by atoms with Crippen LogP contribution in [0, 0.1) is 5.92 Å². The Kier molecular flexibility index (Phi) is 2.68. The summed E-state index contributed by atoms with van der Waals surface area (Å²) in [5.41, 5.74) is -0.494. The molecule has 0 aromatic carbocycles. The molecule has 0 N–H and O–H groups in total. The largest absolute Gasteiger partial charge is 0.444 e. The van der Waals surface area contributed by atoms with Crippen LogP contribution in [0.5, 0.6) is 0 Å². The van der Waals surface area contributed by atoms with Gasteiger partial charge < -0.3 is 9.53 Å². The van der Waals surface area contributed by atoms with Gasteiger partial charge in [0.05, 0.1) is 6.04 Å². The normalized spacial score (nSPS) is 32.9. The van der Waals surface area contributed by atoms with E-state index in [9.17, 15) is 9.59 Å². The SMILES string of the molecule is CC(C)(C)OC(=O)N1C(C=O)CCC2CC21. The number of aldehydes is 1. The third kappa shape index (κ3) is 2.20. The minimum Gasteiger partial charge on any atom is -0.444 e. The van der Waals surface area contributed by atoms with Gasteiger partial charge in [-0.25, -0.2) is 4.79 Å².